The van der Waals surface area contributed by atoms with Crippen LogP contribution < -0.4 is 27.8 Å². The van der Waals surface area contributed by atoms with Crippen molar-refractivity contribution in [3.05, 3.63) is 65.5 Å². The maximum Gasteiger partial charge on any atom is 0.250 e. The molecule has 8 N–H and O–H groups in total. The largest absolute Gasteiger partial charge is 0.398 e. The van der Waals surface area contributed by atoms with E-state index >= 15 is 0 Å². The molecule has 0 unspecified atom stereocenters. The minimum atomic E-state index is -0.856. The highest BCUT2D eigenvalue weighted by Gasteiger charge is 2.24. The van der Waals surface area contributed by atoms with Gasteiger partial charge in [0.05, 0.1) is 16.9 Å². The van der Waals surface area contributed by atoms with E-state index in [-0.39, 0.29) is 34.7 Å². The molecule has 0 radical (unpaired) electrons. The SMILES string of the molecule is NC(=O)c1cc(F)c(N[C@@H]2CCCC[C@@H]2N)cc1NC(=O)C=C(N)c1ccccc1. The molecule has 0 aromatic heterocycles. The summed E-state index contributed by atoms with van der Waals surface area (Å²) >= 11 is 0. The second kappa shape index (κ2) is 9.41. The van der Waals surface area contributed by atoms with E-state index in [4.69, 9.17) is 17.2 Å². The molecule has 0 spiro atoms. The summed E-state index contributed by atoms with van der Waals surface area (Å²) in [5, 5.41) is 5.68. The summed E-state index contributed by atoms with van der Waals surface area (Å²) in [6.07, 6.45) is 4.91. The van der Waals surface area contributed by atoms with E-state index in [0.717, 1.165) is 31.7 Å². The van der Waals surface area contributed by atoms with Gasteiger partial charge in [-0.15, -0.1) is 0 Å². The van der Waals surface area contributed by atoms with E-state index in [9.17, 15) is 14.0 Å². The molecular weight excluding hydrogens is 385 g/mol. The summed E-state index contributed by atoms with van der Waals surface area (Å²) in [5.74, 6) is -2.06. The van der Waals surface area contributed by atoms with E-state index < -0.39 is 17.6 Å². The van der Waals surface area contributed by atoms with E-state index in [1.807, 2.05) is 6.07 Å². The second-order valence-corrected chi connectivity index (χ2v) is 7.40. The van der Waals surface area contributed by atoms with E-state index in [1.54, 1.807) is 24.3 Å². The zero-order chi connectivity index (χ0) is 21.7. The van der Waals surface area contributed by atoms with Gasteiger partial charge in [-0.3, -0.25) is 9.59 Å². The predicted molar refractivity (Wildman–Crippen MR) is 116 cm³/mol. The van der Waals surface area contributed by atoms with Crippen LogP contribution in [0.15, 0.2) is 48.5 Å². The highest BCUT2D eigenvalue weighted by molar-refractivity contribution is 6.08. The lowest BCUT2D eigenvalue weighted by Crippen LogP contribution is -2.42. The molecule has 2 aromatic rings. The topological polar surface area (TPSA) is 136 Å². The number of rotatable bonds is 6. The molecule has 1 aliphatic carbocycles. The Kier molecular flexibility index (Phi) is 6.68. The van der Waals surface area contributed by atoms with Crippen molar-refractivity contribution in [1.29, 1.82) is 0 Å². The maximum atomic E-state index is 14.6. The van der Waals surface area contributed by atoms with Gasteiger partial charge in [0.15, 0.2) is 0 Å². The van der Waals surface area contributed by atoms with Crippen LogP contribution in [0.25, 0.3) is 5.70 Å². The Hall–Kier alpha value is -3.39. The Balaban J connectivity index is 1.85. The van der Waals surface area contributed by atoms with Gasteiger partial charge in [-0.25, -0.2) is 4.39 Å². The number of carbonyl (C=O) groups is 2. The number of amides is 2. The summed E-state index contributed by atoms with van der Waals surface area (Å²) in [7, 11) is 0. The zero-order valence-corrected chi connectivity index (χ0v) is 16.5. The number of halogens is 1. The van der Waals surface area contributed by atoms with Crippen LogP contribution in [-0.2, 0) is 4.79 Å². The average molecular weight is 411 g/mol. The van der Waals surface area contributed by atoms with Gasteiger partial charge in [-0.1, -0.05) is 43.2 Å². The lowest BCUT2D eigenvalue weighted by Gasteiger charge is -2.30. The molecule has 2 amide bonds. The number of carbonyl (C=O) groups excluding carboxylic acids is 2. The van der Waals surface area contributed by atoms with Crippen molar-refractivity contribution in [3.8, 4) is 0 Å². The number of hydrogen-bond acceptors (Lipinski definition) is 5. The van der Waals surface area contributed by atoms with Gasteiger partial charge >= 0.3 is 0 Å². The van der Waals surface area contributed by atoms with Gasteiger partial charge in [-0.05, 0) is 30.5 Å². The molecule has 2 atom stereocenters. The first-order valence-electron chi connectivity index (χ1n) is 9.84. The maximum absolute atomic E-state index is 14.6. The number of anilines is 2. The molecule has 1 fully saturated rings. The van der Waals surface area contributed by atoms with Gasteiger partial charge < -0.3 is 27.8 Å². The van der Waals surface area contributed by atoms with Crippen LogP contribution >= 0.6 is 0 Å². The third kappa shape index (κ3) is 5.15. The first-order chi connectivity index (χ1) is 14.3. The summed E-state index contributed by atoms with van der Waals surface area (Å²) in [4.78, 5) is 24.2. The van der Waals surface area contributed by atoms with Crippen LogP contribution in [-0.4, -0.2) is 23.9 Å². The van der Waals surface area contributed by atoms with Crippen molar-refractivity contribution < 1.29 is 14.0 Å². The van der Waals surface area contributed by atoms with Crippen LogP contribution in [0.1, 0.15) is 41.6 Å². The predicted octanol–water partition coefficient (Wildman–Crippen LogP) is 2.54. The fourth-order valence-corrected chi connectivity index (χ4v) is 3.55. The Bertz CT molecular complexity index is 962. The van der Waals surface area contributed by atoms with E-state index in [0.29, 0.717) is 5.56 Å². The van der Waals surface area contributed by atoms with Crippen molar-refractivity contribution in [2.45, 2.75) is 37.8 Å². The van der Waals surface area contributed by atoms with E-state index in [2.05, 4.69) is 10.6 Å². The molecule has 0 saturated heterocycles. The molecule has 1 aliphatic rings. The fourth-order valence-electron chi connectivity index (χ4n) is 3.55. The van der Waals surface area contributed by atoms with Gasteiger partial charge in [0, 0.05) is 23.9 Å². The van der Waals surface area contributed by atoms with Crippen molar-refractivity contribution in [2.24, 2.45) is 17.2 Å². The molecule has 1 saturated carbocycles. The average Bonchev–Trinajstić information content (AvgIpc) is 2.72. The smallest absolute Gasteiger partial charge is 0.250 e. The fraction of sp³-hybridized carbons (Fsp3) is 0.273. The van der Waals surface area contributed by atoms with E-state index in [1.165, 1.54) is 12.1 Å². The quantitative estimate of drug-likeness (QED) is 0.465. The molecule has 158 valence electrons. The third-order valence-corrected chi connectivity index (χ3v) is 5.18. The lowest BCUT2D eigenvalue weighted by atomic mass is 9.91. The van der Waals surface area contributed by atoms with Crippen LogP contribution in [0.5, 0.6) is 0 Å². The zero-order valence-electron chi connectivity index (χ0n) is 16.5. The molecule has 7 nitrogen and oxygen atoms in total. The summed E-state index contributed by atoms with van der Waals surface area (Å²) in [6, 6.07) is 11.1. The van der Waals surface area contributed by atoms with Crippen LogP contribution in [0.4, 0.5) is 15.8 Å². The molecular formula is C22H26FN5O2. The Morgan fingerprint density at radius 2 is 1.73 bits per heavy atom. The lowest BCUT2D eigenvalue weighted by molar-refractivity contribution is -0.111. The van der Waals surface area contributed by atoms with Crippen molar-refractivity contribution in [1.82, 2.24) is 0 Å². The Morgan fingerprint density at radius 3 is 2.40 bits per heavy atom. The van der Waals surface area contributed by atoms with Crippen molar-refractivity contribution >= 4 is 28.9 Å². The van der Waals surface area contributed by atoms with Crippen LogP contribution in [0, 0.1) is 5.82 Å². The van der Waals surface area contributed by atoms with Crippen molar-refractivity contribution in [2.75, 3.05) is 10.6 Å². The normalized spacial score (nSPS) is 19.2. The molecule has 0 heterocycles. The first kappa shape index (κ1) is 21.3. The minimum Gasteiger partial charge on any atom is -0.398 e. The number of nitrogens with one attached hydrogen (secondary N) is 2. The molecule has 0 aliphatic heterocycles. The third-order valence-electron chi connectivity index (χ3n) is 5.18. The highest BCUT2D eigenvalue weighted by atomic mass is 19.1. The van der Waals surface area contributed by atoms with Crippen molar-refractivity contribution in [3.63, 3.8) is 0 Å². The summed E-state index contributed by atoms with van der Waals surface area (Å²) in [6.45, 7) is 0. The molecule has 2 aromatic carbocycles. The summed E-state index contributed by atoms with van der Waals surface area (Å²) in [5.41, 5.74) is 18.5. The molecule has 30 heavy (non-hydrogen) atoms. The Morgan fingerprint density at radius 1 is 1.03 bits per heavy atom. The monoisotopic (exact) mass is 411 g/mol. The minimum absolute atomic E-state index is 0.0927. The Labute approximate surface area is 174 Å². The number of benzene rings is 2. The number of nitrogens with two attached hydrogens (primary N) is 3. The van der Waals surface area contributed by atoms with Gasteiger partial charge in [0.1, 0.15) is 5.82 Å². The second-order valence-electron chi connectivity index (χ2n) is 7.40. The van der Waals surface area contributed by atoms with Gasteiger partial charge in [0.2, 0.25) is 5.91 Å². The first-order valence-corrected chi connectivity index (χ1v) is 9.84. The molecule has 3 rings (SSSR count). The van der Waals surface area contributed by atoms with Gasteiger partial charge in [0.25, 0.3) is 5.91 Å². The number of hydrogen-bond donors (Lipinski definition) is 5. The highest BCUT2D eigenvalue weighted by Crippen LogP contribution is 2.28. The summed E-state index contributed by atoms with van der Waals surface area (Å²) < 4.78 is 14.6. The number of primary amides is 1. The molecule has 8 heteroatoms. The molecule has 0 bridgehead atoms. The van der Waals surface area contributed by atoms with Gasteiger partial charge in [-0.2, -0.15) is 0 Å². The van der Waals surface area contributed by atoms with Crippen LogP contribution in [0.2, 0.25) is 0 Å². The van der Waals surface area contributed by atoms with Crippen LogP contribution in [0.3, 0.4) is 0 Å². The standard InChI is InChI=1S/C22H26FN5O2/c23-15-10-14(22(26)30)19(12-20(15)27-18-9-5-4-8-16(18)24)28-21(29)11-17(25)13-6-2-1-3-7-13/h1-3,6-7,10-12,16,18,27H,4-5,8-9,24-25H2,(H2,26,30)(H,28,29)/t16-,18+/m0/s1.